The van der Waals surface area contributed by atoms with Crippen molar-refractivity contribution in [3.63, 3.8) is 0 Å². The van der Waals surface area contributed by atoms with E-state index in [2.05, 4.69) is 41.5 Å². The van der Waals surface area contributed by atoms with E-state index in [1.54, 1.807) is 11.8 Å². The molecule has 2 aromatic rings. The zero-order valence-electron chi connectivity index (χ0n) is 12.1. The summed E-state index contributed by atoms with van der Waals surface area (Å²) in [6, 6.07) is 6.55. The van der Waals surface area contributed by atoms with Crippen LogP contribution in [0.2, 0.25) is 5.02 Å². The Bertz CT molecular complexity index is 595. The number of nitrogens with one attached hydrogen (secondary N) is 1. The molecule has 0 spiro atoms. The first kappa shape index (κ1) is 15.4. The van der Waals surface area contributed by atoms with Gasteiger partial charge in [0.2, 0.25) is 0 Å². The topological polar surface area (TPSA) is 42.7 Å². The smallest absolute Gasteiger partial charge is 0.195 e. The molecule has 0 saturated heterocycles. The van der Waals surface area contributed by atoms with Crippen molar-refractivity contribution < 1.29 is 0 Å². The van der Waals surface area contributed by atoms with Gasteiger partial charge in [0.15, 0.2) is 5.16 Å². The van der Waals surface area contributed by atoms with Gasteiger partial charge in [-0.1, -0.05) is 31.5 Å². The highest BCUT2D eigenvalue weighted by Gasteiger charge is 2.09. The molecule has 0 saturated carbocycles. The monoisotopic (exact) mass is 310 g/mol. The fraction of sp³-hybridized carbons (Fsp3) is 0.429. The third-order valence-electron chi connectivity index (χ3n) is 2.99. The minimum absolute atomic E-state index is 0.446. The number of hydrogen-bond donors (Lipinski definition) is 1. The van der Waals surface area contributed by atoms with Crippen molar-refractivity contribution in [3.8, 4) is 0 Å². The molecule has 6 heteroatoms. The minimum atomic E-state index is 0.446. The van der Waals surface area contributed by atoms with Crippen molar-refractivity contribution >= 4 is 23.4 Å². The number of nitrogens with zero attached hydrogens (tertiary/aromatic N) is 3. The summed E-state index contributed by atoms with van der Waals surface area (Å²) in [4.78, 5) is 1.07. The molecule has 0 unspecified atom stereocenters. The first-order valence-corrected chi connectivity index (χ1v) is 7.72. The average molecular weight is 311 g/mol. The fourth-order valence-corrected chi connectivity index (χ4v) is 2.82. The molecule has 2 rings (SSSR count). The van der Waals surface area contributed by atoms with E-state index in [0.29, 0.717) is 6.04 Å². The van der Waals surface area contributed by atoms with Gasteiger partial charge >= 0.3 is 0 Å². The van der Waals surface area contributed by atoms with E-state index in [1.165, 1.54) is 0 Å². The molecule has 0 bridgehead atoms. The number of hydrogen-bond acceptors (Lipinski definition) is 4. The van der Waals surface area contributed by atoms with Gasteiger partial charge in [0, 0.05) is 29.6 Å². The normalized spacial score (nSPS) is 11.3. The zero-order chi connectivity index (χ0) is 14.7. The van der Waals surface area contributed by atoms with Crippen LogP contribution in [0, 0.1) is 6.92 Å². The summed E-state index contributed by atoms with van der Waals surface area (Å²) in [6.07, 6.45) is 0. The highest BCUT2D eigenvalue weighted by Crippen LogP contribution is 2.29. The number of benzene rings is 1. The Kier molecular flexibility index (Phi) is 5.07. The van der Waals surface area contributed by atoms with Crippen LogP contribution in [-0.2, 0) is 13.6 Å². The number of rotatable bonds is 5. The molecular formula is C14H19ClN4S. The summed E-state index contributed by atoms with van der Waals surface area (Å²) in [7, 11) is 1.96. The second-order valence-electron chi connectivity index (χ2n) is 4.98. The Labute approximate surface area is 128 Å². The van der Waals surface area contributed by atoms with Gasteiger partial charge in [-0.05, 0) is 36.4 Å². The third-order valence-corrected chi connectivity index (χ3v) is 4.37. The summed E-state index contributed by atoms with van der Waals surface area (Å²) >= 11 is 7.89. The Morgan fingerprint density at radius 3 is 2.65 bits per heavy atom. The van der Waals surface area contributed by atoms with E-state index in [-0.39, 0.29) is 0 Å². The van der Waals surface area contributed by atoms with Gasteiger partial charge in [-0.25, -0.2) is 0 Å². The lowest BCUT2D eigenvalue weighted by Crippen LogP contribution is -2.21. The van der Waals surface area contributed by atoms with E-state index in [4.69, 9.17) is 11.6 Å². The molecule has 0 radical (unpaired) electrons. The molecule has 0 aliphatic heterocycles. The van der Waals surface area contributed by atoms with Crippen LogP contribution in [0.4, 0.5) is 0 Å². The molecule has 1 aromatic carbocycles. The van der Waals surface area contributed by atoms with Crippen LogP contribution in [0.1, 0.15) is 25.2 Å². The molecule has 4 nitrogen and oxygen atoms in total. The Balaban J connectivity index is 2.11. The number of halogens is 1. The van der Waals surface area contributed by atoms with Crippen LogP contribution in [0.25, 0.3) is 0 Å². The molecule has 0 fully saturated rings. The molecule has 0 aliphatic carbocycles. The van der Waals surface area contributed by atoms with Crippen molar-refractivity contribution in [3.05, 3.63) is 34.6 Å². The van der Waals surface area contributed by atoms with E-state index >= 15 is 0 Å². The standard InChI is InChI=1S/C14H19ClN4S/c1-9(2)16-8-11-5-6-12(7-13(11)15)20-14-18-17-10(3)19(14)4/h5-7,9,16H,8H2,1-4H3. The van der Waals surface area contributed by atoms with Gasteiger partial charge in [-0.3, -0.25) is 0 Å². The van der Waals surface area contributed by atoms with Crippen LogP contribution in [0.3, 0.4) is 0 Å². The molecule has 0 atom stereocenters. The van der Waals surface area contributed by atoms with Crippen LogP contribution >= 0.6 is 23.4 Å². The molecule has 108 valence electrons. The molecule has 0 aliphatic rings. The highest BCUT2D eigenvalue weighted by molar-refractivity contribution is 7.99. The SMILES string of the molecule is Cc1nnc(Sc2ccc(CNC(C)C)c(Cl)c2)n1C. The van der Waals surface area contributed by atoms with E-state index in [0.717, 1.165) is 33.0 Å². The van der Waals surface area contributed by atoms with Crippen molar-refractivity contribution in [1.82, 2.24) is 20.1 Å². The second kappa shape index (κ2) is 6.61. The van der Waals surface area contributed by atoms with Gasteiger partial charge in [0.25, 0.3) is 0 Å². The maximum atomic E-state index is 6.33. The molecule has 0 amide bonds. The maximum Gasteiger partial charge on any atom is 0.195 e. The summed E-state index contributed by atoms with van der Waals surface area (Å²) in [6.45, 7) is 6.96. The van der Waals surface area contributed by atoms with Crippen LogP contribution in [0.15, 0.2) is 28.3 Å². The predicted molar refractivity (Wildman–Crippen MR) is 83.3 cm³/mol. The molecule has 1 aromatic heterocycles. The Morgan fingerprint density at radius 1 is 1.35 bits per heavy atom. The van der Waals surface area contributed by atoms with Crippen molar-refractivity contribution in [2.45, 2.75) is 43.4 Å². The van der Waals surface area contributed by atoms with Crippen LogP contribution < -0.4 is 5.32 Å². The van der Waals surface area contributed by atoms with Gasteiger partial charge in [0.1, 0.15) is 5.82 Å². The average Bonchev–Trinajstić information content (AvgIpc) is 2.69. The van der Waals surface area contributed by atoms with E-state index in [1.807, 2.05) is 24.6 Å². The largest absolute Gasteiger partial charge is 0.310 e. The first-order chi connectivity index (χ1) is 9.47. The van der Waals surface area contributed by atoms with Crippen molar-refractivity contribution in [2.24, 2.45) is 7.05 Å². The zero-order valence-corrected chi connectivity index (χ0v) is 13.7. The lowest BCUT2D eigenvalue weighted by Gasteiger charge is -2.10. The van der Waals surface area contributed by atoms with Crippen LogP contribution in [0.5, 0.6) is 0 Å². The number of aromatic nitrogens is 3. The summed E-state index contributed by atoms with van der Waals surface area (Å²) < 4.78 is 1.97. The molecule has 20 heavy (non-hydrogen) atoms. The lowest BCUT2D eigenvalue weighted by atomic mass is 10.2. The minimum Gasteiger partial charge on any atom is -0.310 e. The highest BCUT2D eigenvalue weighted by atomic mass is 35.5. The lowest BCUT2D eigenvalue weighted by molar-refractivity contribution is 0.589. The maximum absolute atomic E-state index is 6.33. The van der Waals surface area contributed by atoms with Gasteiger partial charge < -0.3 is 9.88 Å². The van der Waals surface area contributed by atoms with Crippen LogP contribution in [-0.4, -0.2) is 20.8 Å². The quantitative estimate of drug-likeness (QED) is 0.919. The molecule has 1 N–H and O–H groups in total. The summed E-state index contributed by atoms with van der Waals surface area (Å²) in [5.41, 5.74) is 1.11. The Hall–Kier alpha value is -1.04. The molecular weight excluding hydrogens is 292 g/mol. The predicted octanol–water partition coefficient (Wildman–Crippen LogP) is 3.43. The third kappa shape index (κ3) is 3.75. The van der Waals surface area contributed by atoms with Crippen molar-refractivity contribution in [1.29, 1.82) is 0 Å². The van der Waals surface area contributed by atoms with Gasteiger partial charge in [-0.15, -0.1) is 10.2 Å². The Morgan fingerprint density at radius 2 is 2.10 bits per heavy atom. The summed E-state index contributed by atoms with van der Waals surface area (Å²) in [5.74, 6) is 0.899. The first-order valence-electron chi connectivity index (χ1n) is 6.53. The van der Waals surface area contributed by atoms with Gasteiger partial charge in [-0.2, -0.15) is 0 Å². The fourth-order valence-electron chi connectivity index (χ4n) is 1.63. The van der Waals surface area contributed by atoms with E-state index in [9.17, 15) is 0 Å². The van der Waals surface area contributed by atoms with E-state index < -0.39 is 0 Å². The number of aryl methyl sites for hydroxylation is 1. The summed E-state index contributed by atoms with van der Waals surface area (Å²) in [5, 5.41) is 13.2. The second-order valence-corrected chi connectivity index (χ2v) is 6.43. The van der Waals surface area contributed by atoms with Gasteiger partial charge in [0.05, 0.1) is 0 Å². The molecule has 1 heterocycles. The van der Waals surface area contributed by atoms with Crippen molar-refractivity contribution in [2.75, 3.05) is 0 Å².